The molecule has 1 aromatic heterocycles. The van der Waals surface area contributed by atoms with Gasteiger partial charge in [-0.15, -0.1) is 0 Å². The predicted molar refractivity (Wildman–Crippen MR) is 63.2 cm³/mol. The molecule has 0 bridgehead atoms. The first-order chi connectivity index (χ1) is 8.14. The van der Waals surface area contributed by atoms with Crippen molar-refractivity contribution in [1.82, 2.24) is 4.57 Å². The first-order valence-corrected chi connectivity index (χ1v) is 5.51. The first kappa shape index (κ1) is 13.0. The standard InChI is InChI=1S/C13H14F3NO/c1-12(2,18)11-10(13(14,15)16)8-6-4-5-7-9(8)17(11)3/h4-7,18H,1-3H3. The lowest BCUT2D eigenvalue weighted by Gasteiger charge is -2.22. The van der Waals surface area contributed by atoms with Crippen LogP contribution in [-0.2, 0) is 18.8 Å². The van der Waals surface area contributed by atoms with E-state index in [9.17, 15) is 18.3 Å². The van der Waals surface area contributed by atoms with Crippen molar-refractivity contribution in [3.05, 3.63) is 35.5 Å². The minimum absolute atomic E-state index is 0.115. The maximum Gasteiger partial charge on any atom is 0.418 e. The number of para-hydroxylation sites is 1. The monoisotopic (exact) mass is 257 g/mol. The minimum atomic E-state index is -4.49. The second-order valence-electron chi connectivity index (χ2n) is 4.86. The van der Waals surface area contributed by atoms with E-state index >= 15 is 0 Å². The van der Waals surface area contributed by atoms with Gasteiger partial charge in [-0.05, 0) is 19.9 Å². The van der Waals surface area contributed by atoms with Gasteiger partial charge in [0.2, 0.25) is 0 Å². The fourth-order valence-corrected chi connectivity index (χ4v) is 2.40. The summed E-state index contributed by atoms with van der Waals surface area (Å²) in [6.45, 7) is 2.72. The Balaban J connectivity index is 2.96. The average molecular weight is 257 g/mol. The van der Waals surface area contributed by atoms with Gasteiger partial charge in [0.1, 0.15) is 0 Å². The zero-order valence-electron chi connectivity index (χ0n) is 10.3. The molecule has 0 aliphatic rings. The highest BCUT2D eigenvalue weighted by Gasteiger charge is 2.41. The Morgan fingerprint density at radius 1 is 1.11 bits per heavy atom. The summed E-state index contributed by atoms with van der Waals surface area (Å²) < 4.78 is 41.0. The van der Waals surface area contributed by atoms with Gasteiger partial charge in [-0.25, -0.2) is 0 Å². The van der Waals surface area contributed by atoms with E-state index in [0.29, 0.717) is 5.52 Å². The van der Waals surface area contributed by atoms with E-state index in [1.807, 2.05) is 0 Å². The Labute approximate surface area is 103 Å². The molecule has 0 radical (unpaired) electrons. The Morgan fingerprint density at radius 2 is 1.67 bits per heavy atom. The Hall–Kier alpha value is -1.49. The molecule has 0 saturated carbocycles. The van der Waals surface area contributed by atoms with Gasteiger partial charge >= 0.3 is 6.18 Å². The number of aromatic nitrogens is 1. The van der Waals surface area contributed by atoms with Crippen molar-refractivity contribution in [2.45, 2.75) is 25.6 Å². The van der Waals surface area contributed by atoms with Crippen LogP contribution in [0.5, 0.6) is 0 Å². The molecule has 0 saturated heterocycles. The molecule has 18 heavy (non-hydrogen) atoms. The molecule has 98 valence electrons. The molecule has 0 amide bonds. The fraction of sp³-hybridized carbons (Fsp3) is 0.385. The third kappa shape index (κ3) is 1.88. The summed E-state index contributed by atoms with van der Waals surface area (Å²) in [7, 11) is 1.53. The van der Waals surface area contributed by atoms with Crippen molar-refractivity contribution in [3.63, 3.8) is 0 Å². The number of benzene rings is 1. The highest BCUT2D eigenvalue weighted by atomic mass is 19.4. The molecule has 0 atom stereocenters. The Kier molecular flexibility index (Phi) is 2.70. The van der Waals surface area contributed by atoms with Gasteiger partial charge in [0.05, 0.1) is 16.9 Å². The number of aliphatic hydroxyl groups is 1. The molecule has 0 spiro atoms. The molecule has 1 N–H and O–H groups in total. The van der Waals surface area contributed by atoms with Crippen LogP contribution < -0.4 is 0 Å². The van der Waals surface area contributed by atoms with Crippen LogP contribution in [0.25, 0.3) is 10.9 Å². The van der Waals surface area contributed by atoms with Gasteiger partial charge < -0.3 is 9.67 Å². The summed E-state index contributed by atoms with van der Waals surface area (Å²) in [6.07, 6.45) is -4.49. The van der Waals surface area contributed by atoms with Crippen LogP contribution >= 0.6 is 0 Å². The lowest BCUT2D eigenvalue weighted by molar-refractivity contribution is -0.139. The smallest absolute Gasteiger partial charge is 0.384 e. The maximum absolute atomic E-state index is 13.2. The van der Waals surface area contributed by atoms with E-state index in [2.05, 4.69) is 0 Å². The van der Waals surface area contributed by atoms with Gasteiger partial charge in [-0.3, -0.25) is 0 Å². The van der Waals surface area contributed by atoms with Crippen molar-refractivity contribution < 1.29 is 18.3 Å². The zero-order valence-corrected chi connectivity index (χ0v) is 10.3. The van der Waals surface area contributed by atoms with Gasteiger partial charge in [-0.1, -0.05) is 18.2 Å². The van der Waals surface area contributed by atoms with Gasteiger partial charge in [0, 0.05) is 18.0 Å². The second-order valence-corrected chi connectivity index (χ2v) is 4.86. The van der Waals surface area contributed by atoms with Gasteiger partial charge in [0.15, 0.2) is 0 Å². The molecular weight excluding hydrogens is 243 g/mol. The number of fused-ring (bicyclic) bond motifs is 1. The quantitative estimate of drug-likeness (QED) is 0.832. The number of hydrogen-bond donors (Lipinski definition) is 1. The summed E-state index contributed by atoms with van der Waals surface area (Å²) >= 11 is 0. The van der Waals surface area contributed by atoms with Crippen molar-refractivity contribution in [1.29, 1.82) is 0 Å². The van der Waals surface area contributed by atoms with Crippen LogP contribution in [0.1, 0.15) is 25.1 Å². The summed E-state index contributed by atoms with van der Waals surface area (Å²) in [4.78, 5) is 0. The topological polar surface area (TPSA) is 25.2 Å². The summed E-state index contributed by atoms with van der Waals surface area (Å²) in [5.41, 5.74) is -1.97. The van der Waals surface area contributed by atoms with Crippen molar-refractivity contribution in [3.8, 4) is 0 Å². The molecule has 1 heterocycles. The van der Waals surface area contributed by atoms with Crippen LogP contribution in [-0.4, -0.2) is 9.67 Å². The third-order valence-corrected chi connectivity index (χ3v) is 2.97. The summed E-state index contributed by atoms with van der Waals surface area (Å²) in [5.74, 6) is 0. The number of alkyl halides is 3. The molecule has 0 unspecified atom stereocenters. The summed E-state index contributed by atoms with van der Waals surface area (Å²) in [5, 5.41) is 10.1. The zero-order chi connectivity index (χ0) is 13.7. The lowest BCUT2D eigenvalue weighted by atomic mass is 9.99. The van der Waals surface area contributed by atoms with Crippen molar-refractivity contribution in [2.75, 3.05) is 0 Å². The molecule has 5 heteroatoms. The van der Waals surface area contributed by atoms with Crippen molar-refractivity contribution >= 4 is 10.9 Å². The van der Waals surface area contributed by atoms with Gasteiger partial charge in [0.25, 0.3) is 0 Å². The fourth-order valence-electron chi connectivity index (χ4n) is 2.40. The Bertz CT molecular complexity index is 591. The normalized spacial score (nSPS) is 13.3. The molecule has 1 aromatic carbocycles. The van der Waals surface area contributed by atoms with E-state index in [4.69, 9.17) is 0 Å². The molecule has 0 aliphatic heterocycles. The predicted octanol–water partition coefficient (Wildman–Crippen LogP) is 3.42. The van der Waals surface area contributed by atoms with E-state index in [0.717, 1.165) is 0 Å². The van der Waals surface area contributed by atoms with Crippen molar-refractivity contribution in [2.24, 2.45) is 7.05 Å². The van der Waals surface area contributed by atoms with E-state index in [-0.39, 0.29) is 11.1 Å². The molecule has 0 aliphatic carbocycles. The molecule has 2 aromatic rings. The number of nitrogens with zero attached hydrogens (tertiary/aromatic N) is 1. The number of aryl methyl sites for hydroxylation is 1. The average Bonchev–Trinajstić information content (AvgIpc) is 2.52. The van der Waals surface area contributed by atoms with E-state index in [1.54, 1.807) is 18.2 Å². The van der Waals surface area contributed by atoms with Crippen LogP contribution in [0.2, 0.25) is 0 Å². The van der Waals surface area contributed by atoms with Crippen LogP contribution in [0.4, 0.5) is 13.2 Å². The molecular formula is C13H14F3NO. The Morgan fingerprint density at radius 3 is 2.17 bits per heavy atom. The van der Waals surface area contributed by atoms with Crippen LogP contribution in [0, 0.1) is 0 Å². The molecule has 2 rings (SSSR count). The van der Waals surface area contributed by atoms with E-state index in [1.165, 1.54) is 31.5 Å². The largest absolute Gasteiger partial charge is 0.418 e. The highest BCUT2D eigenvalue weighted by Crippen LogP contribution is 2.42. The maximum atomic E-state index is 13.2. The van der Waals surface area contributed by atoms with Crippen LogP contribution in [0.3, 0.4) is 0 Å². The first-order valence-electron chi connectivity index (χ1n) is 5.51. The minimum Gasteiger partial charge on any atom is -0.384 e. The SMILES string of the molecule is Cn1c(C(C)(C)O)c(C(F)(F)F)c2ccccc21. The lowest BCUT2D eigenvalue weighted by Crippen LogP contribution is -2.24. The third-order valence-electron chi connectivity index (χ3n) is 2.97. The summed E-state index contributed by atoms with van der Waals surface area (Å²) in [6, 6.07) is 6.27. The number of halogens is 3. The second kappa shape index (κ2) is 3.75. The van der Waals surface area contributed by atoms with Gasteiger partial charge in [-0.2, -0.15) is 13.2 Å². The molecule has 0 fully saturated rings. The van der Waals surface area contributed by atoms with E-state index < -0.39 is 17.3 Å². The number of rotatable bonds is 1. The highest BCUT2D eigenvalue weighted by molar-refractivity contribution is 5.86. The van der Waals surface area contributed by atoms with Crippen LogP contribution in [0.15, 0.2) is 24.3 Å². The molecule has 2 nitrogen and oxygen atoms in total. The number of hydrogen-bond acceptors (Lipinski definition) is 1.